The molecule has 0 aliphatic heterocycles. The van der Waals surface area contributed by atoms with Gasteiger partial charge in [-0.1, -0.05) is 11.6 Å². The lowest BCUT2D eigenvalue weighted by Gasteiger charge is -2.07. The standard InChI is InChI=1S/C12H7Cl2NO5S/c13-8-1-6-12(11(7-8)15(16)17)20-9-2-4-10(5-3-9)21(14,18)19/h1-7H. The van der Waals surface area contributed by atoms with Crippen LogP contribution in [0.2, 0.25) is 5.02 Å². The van der Waals surface area contributed by atoms with E-state index in [1.54, 1.807) is 0 Å². The largest absolute Gasteiger partial charge is 0.450 e. The Morgan fingerprint density at radius 2 is 1.71 bits per heavy atom. The van der Waals surface area contributed by atoms with Crippen LogP contribution in [0, 0.1) is 10.1 Å². The van der Waals surface area contributed by atoms with E-state index in [0.717, 1.165) is 6.07 Å². The fraction of sp³-hybridized carbons (Fsp3) is 0. The van der Waals surface area contributed by atoms with Gasteiger partial charge in [-0.2, -0.15) is 0 Å². The minimum Gasteiger partial charge on any atom is -0.450 e. The fourth-order valence-corrected chi connectivity index (χ4v) is 2.45. The molecule has 2 aromatic carbocycles. The van der Waals surface area contributed by atoms with Crippen LogP contribution in [0.25, 0.3) is 0 Å². The number of nitro benzene ring substituents is 1. The van der Waals surface area contributed by atoms with Gasteiger partial charge in [0, 0.05) is 21.8 Å². The van der Waals surface area contributed by atoms with Gasteiger partial charge in [0.1, 0.15) is 5.75 Å². The van der Waals surface area contributed by atoms with Crippen molar-refractivity contribution in [1.29, 1.82) is 0 Å². The maximum Gasteiger partial charge on any atom is 0.313 e. The predicted octanol–water partition coefficient (Wildman–Crippen LogP) is 3.97. The van der Waals surface area contributed by atoms with Crippen LogP contribution in [0.15, 0.2) is 47.4 Å². The third-order valence-corrected chi connectivity index (χ3v) is 4.06. The third kappa shape index (κ3) is 3.84. The summed E-state index contributed by atoms with van der Waals surface area (Å²) in [5.74, 6) is 0.218. The van der Waals surface area contributed by atoms with E-state index in [0.29, 0.717) is 0 Å². The second-order valence-corrected chi connectivity index (χ2v) is 6.88. The van der Waals surface area contributed by atoms with Crippen LogP contribution in [0.1, 0.15) is 0 Å². The molecule has 0 heterocycles. The van der Waals surface area contributed by atoms with Gasteiger partial charge < -0.3 is 4.74 Å². The van der Waals surface area contributed by atoms with Crippen molar-refractivity contribution in [1.82, 2.24) is 0 Å². The summed E-state index contributed by atoms with van der Waals surface area (Å²) < 4.78 is 27.6. The van der Waals surface area contributed by atoms with Crippen LogP contribution in [0.4, 0.5) is 5.69 Å². The quantitative estimate of drug-likeness (QED) is 0.474. The summed E-state index contributed by atoms with van der Waals surface area (Å²) in [6.07, 6.45) is 0. The monoisotopic (exact) mass is 347 g/mol. The molecule has 0 saturated carbocycles. The van der Waals surface area contributed by atoms with Crippen LogP contribution in [0.5, 0.6) is 11.5 Å². The van der Waals surface area contributed by atoms with Gasteiger partial charge in [0.05, 0.1) is 9.82 Å². The molecule has 110 valence electrons. The first-order chi connectivity index (χ1) is 9.77. The minimum absolute atomic E-state index is 0.00844. The van der Waals surface area contributed by atoms with Gasteiger partial charge in [-0.15, -0.1) is 0 Å². The highest BCUT2D eigenvalue weighted by Crippen LogP contribution is 2.33. The summed E-state index contributed by atoms with van der Waals surface area (Å²) in [5.41, 5.74) is -0.295. The molecule has 0 spiro atoms. The Kier molecular flexibility index (Phi) is 4.36. The van der Waals surface area contributed by atoms with Gasteiger partial charge in [-0.3, -0.25) is 10.1 Å². The molecule has 0 bridgehead atoms. The van der Waals surface area contributed by atoms with E-state index in [1.165, 1.54) is 36.4 Å². The zero-order chi connectivity index (χ0) is 15.6. The molecule has 0 N–H and O–H groups in total. The first kappa shape index (κ1) is 15.6. The summed E-state index contributed by atoms with van der Waals surface area (Å²) in [5, 5.41) is 11.1. The topological polar surface area (TPSA) is 86.5 Å². The normalized spacial score (nSPS) is 11.1. The summed E-state index contributed by atoms with van der Waals surface area (Å²) in [7, 11) is 1.35. The van der Waals surface area contributed by atoms with Crippen molar-refractivity contribution in [2.75, 3.05) is 0 Å². The van der Waals surface area contributed by atoms with E-state index in [-0.39, 0.29) is 27.1 Å². The Labute approximate surface area is 129 Å². The van der Waals surface area contributed by atoms with Crippen molar-refractivity contribution in [3.8, 4) is 11.5 Å². The molecule has 0 radical (unpaired) electrons. The molecule has 21 heavy (non-hydrogen) atoms. The van der Waals surface area contributed by atoms with E-state index >= 15 is 0 Å². The molecule has 2 aromatic rings. The highest BCUT2D eigenvalue weighted by molar-refractivity contribution is 8.13. The summed E-state index contributed by atoms with van der Waals surface area (Å²) in [6, 6.07) is 9.11. The maximum absolute atomic E-state index is 11.1. The number of nitro groups is 1. The van der Waals surface area contributed by atoms with Crippen LogP contribution < -0.4 is 4.74 Å². The van der Waals surface area contributed by atoms with Crippen LogP contribution in [-0.4, -0.2) is 13.3 Å². The van der Waals surface area contributed by atoms with Crippen LogP contribution in [-0.2, 0) is 9.05 Å². The number of benzene rings is 2. The van der Waals surface area contributed by atoms with Gasteiger partial charge in [0.15, 0.2) is 0 Å². The smallest absolute Gasteiger partial charge is 0.313 e. The molecule has 0 aliphatic rings. The van der Waals surface area contributed by atoms with Crippen molar-refractivity contribution in [2.24, 2.45) is 0 Å². The summed E-state index contributed by atoms with van der Waals surface area (Å²) >= 11 is 5.69. The minimum atomic E-state index is -3.83. The number of ether oxygens (including phenoxy) is 1. The second-order valence-electron chi connectivity index (χ2n) is 3.88. The van der Waals surface area contributed by atoms with Crippen molar-refractivity contribution in [3.63, 3.8) is 0 Å². The average molecular weight is 348 g/mol. The average Bonchev–Trinajstić information content (AvgIpc) is 2.40. The number of halogens is 2. The molecule has 0 amide bonds. The molecule has 2 rings (SSSR count). The number of rotatable bonds is 4. The Morgan fingerprint density at radius 3 is 2.24 bits per heavy atom. The van der Waals surface area contributed by atoms with E-state index in [2.05, 4.69) is 0 Å². The Balaban J connectivity index is 2.33. The first-order valence-corrected chi connectivity index (χ1v) is 8.12. The second kappa shape index (κ2) is 5.88. The molecular formula is C12H7Cl2NO5S. The highest BCUT2D eigenvalue weighted by Gasteiger charge is 2.17. The molecule has 0 aromatic heterocycles. The number of hydrogen-bond acceptors (Lipinski definition) is 5. The fourth-order valence-electron chi connectivity index (χ4n) is 1.52. The van der Waals surface area contributed by atoms with Gasteiger partial charge >= 0.3 is 5.69 Å². The maximum atomic E-state index is 11.1. The first-order valence-electron chi connectivity index (χ1n) is 5.44. The lowest BCUT2D eigenvalue weighted by Crippen LogP contribution is -1.94. The van der Waals surface area contributed by atoms with Gasteiger partial charge in [0.2, 0.25) is 5.75 Å². The van der Waals surface area contributed by atoms with E-state index in [4.69, 9.17) is 27.0 Å². The predicted molar refractivity (Wildman–Crippen MR) is 77.7 cm³/mol. The summed E-state index contributed by atoms with van der Waals surface area (Å²) in [4.78, 5) is 10.2. The number of nitrogens with zero attached hydrogens (tertiary/aromatic N) is 1. The van der Waals surface area contributed by atoms with Crippen molar-refractivity contribution in [3.05, 3.63) is 57.6 Å². The van der Waals surface area contributed by atoms with Gasteiger partial charge in [-0.05, 0) is 36.4 Å². The Morgan fingerprint density at radius 1 is 1.10 bits per heavy atom. The van der Waals surface area contributed by atoms with Crippen molar-refractivity contribution >= 4 is 37.0 Å². The van der Waals surface area contributed by atoms with E-state index in [9.17, 15) is 18.5 Å². The van der Waals surface area contributed by atoms with E-state index < -0.39 is 14.0 Å². The molecule has 0 aliphatic carbocycles. The Bertz CT molecular complexity index is 790. The molecule has 0 unspecified atom stereocenters. The lowest BCUT2D eigenvalue weighted by molar-refractivity contribution is -0.385. The van der Waals surface area contributed by atoms with Gasteiger partial charge in [0.25, 0.3) is 9.05 Å². The lowest BCUT2D eigenvalue weighted by atomic mass is 10.3. The molecule has 9 heteroatoms. The molecule has 0 atom stereocenters. The van der Waals surface area contributed by atoms with Crippen LogP contribution >= 0.6 is 22.3 Å². The Hall–Kier alpha value is -1.83. The molecule has 0 fully saturated rings. The molecular weight excluding hydrogens is 341 g/mol. The zero-order valence-electron chi connectivity index (χ0n) is 10.2. The number of hydrogen-bond donors (Lipinski definition) is 0. The SMILES string of the molecule is O=[N+]([O-])c1cc(Cl)ccc1Oc1ccc(S(=O)(=O)Cl)cc1. The van der Waals surface area contributed by atoms with Crippen molar-refractivity contribution < 1.29 is 18.1 Å². The van der Waals surface area contributed by atoms with Crippen molar-refractivity contribution in [2.45, 2.75) is 4.90 Å². The zero-order valence-corrected chi connectivity index (χ0v) is 12.5. The summed E-state index contributed by atoms with van der Waals surface area (Å²) in [6.45, 7) is 0. The molecule has 6 nitrogen and oxygen atoms in total. The van der Waals surface area contributed by atoms with Crippen LogP contribution in [0.3, 0.4) is 0 Å². The molecule has 0 saturated heterocycles. The third-order valence-electron chi connectivity index (χ3n) is 2.45. The highest BCUT2D eigenvalue weighted by atomic mass is 35.7. The van der Waals surface area contributed by atoms with Gasteiger partial charge in [-0.25, -0.2) is 8.42 Å². The van der Waals surface area contributed by atoms with E-state index in [1.807, 2.05) is 0 Å².